The number of rotatable bonds is 3. The second kappa shape index (κ2) is 6.95. The maximum absolute atomic E-state index is 12.6. The van der Waals surface area contributed by atoms with Gasteiger partial charge < -0.3 is 10.6 Å². The molecule has 2 aromatic rings. The summed E-state index contributed by atoms with van der Waals surface area (Å²) in [7, 11) is 0. The van der Waals surface area contributed by atoms with Gasteiger partial charge >= 0.3 is 0 Å². The van der Waals surface area contributed by atoms with Gasteiger partial charge in [0.1, 0.15) is 0 Å². The molecule has 0 radical (unpaired) electrons. The molecule has 128 valence electrons. The number of carbonyl (C=O) groups is 1. The van der Waals surface area contributed by atoms with Crippen molar-refractivity contribution in [3.8, 4) is 0 Å². The summed E-state index contributed by atoms with van der Waals surface area (Å²) in [6.07, 6.45) is 0.865. The highest BCUT2D eigenvalue weighted by molar-refractivity contribution is 8.00. The minimum absolute atomic E-state index is 0.0265. The second-order valence-corrected chi connectivity index (χ2v) is 8.51. The summed E-state index contributed by atoms with van der Waals surface area (Å²) in [4.78, 5) is 15.6. The Morgan fingerprint density at radius 1 is 1.33 bits per heavy atom. The second-order valence-electron chi connectivity index (χ2n) is 7.08. The number of amides is 1. The van der Waals surface area contributed by atoms with Crippen molar-refractivity contribution in [2.45, 2.75) is 31.2 Å². The molecule has 3 rings (SSSR count). The van der Waals surface area contributed by atoms with Gasteiger partial charge in [-0.15, -0.1) is 11.8 Å². The molecule has 1 fully saturated rings. The number of carbonyl (C=O) groups excluding carboxylic acids is 1. The number of likely N-dealkylation sites (tertiary alicyclic amines) is 1. The van der Waals surface area contributed by atoms with Crippen LogP contribution in [-0.4, -0.2) is 35.7 Å². The summed E-state index contributed by atoms with van der Waals surface area (Å²) in [6.45, 7) is 5.74. The van der Waals surface area contributed by atoms with E-state index in [0.717, 1.165) is 40.2 Å². The first-order valence-electron chi connectivity index (χ1n) is 8.22. The third-order valence-corrected chi connectivity index (χ3v) is 6.19. The van der Waals surface area contributed by atoms with Crippen LogP contribution in [0, 0.1) is 5.41 Å². The Bertz CT molecular complexity index is 757. The van der Waals surface area contributed by atoms with Crippen LogP contribution in [0.4, 0.5) is 0 Å². The van der Waals surface area contributed by atoms with Crippen molar-refractivity contribution in [1.29, 1.82) is 0 Å². The lowest BCUT2D eigenvalue weighted by Crippen LogP contribution is -2.54. The fourth-order valence-corrected chi connectivity index (χ4v) is 4.55. The maximum atomic E-state index is 12.6. The van der Waals surface area contributed by atoms with Crippen LogP contribution in [0.5, 0.6) is 0 Å². The zero-order chi connectivity index (χ0) is 17.3. The van der Waals surface area contributed by atoms with E-state index in [4.69, 9.17) is 17.3 Å². The average molecular weight is 363 g/mol. The zero-order valence-corrected chi connectivity index (χ0v) is 15.7. The SMILES string of the molecule is CC1(C)CN(C(=O)CSc2cccc3cccc(Cl)c23)CCC1N. The lowest BCUT2D eigenvalue weighted by Gasteiger charge is -2.42. The summed E-state index contributed by atoms with van der Waals surface area (Å²) in [5, 5.41) is 2.86. The number of piperidine rings is 1. The van der Waals surface area contributed by atoms with Gasteiger partial charge in [-0.25, -0.2) is 0 Å². The minimum Gasteiger partial charge on any atom is -0.341 e. The Hall–Kier alpha value is -1.23. The summed E-state index contributed by atoms with van der Waals surface area (Å²) < 4.78 is 0. The molecule has 0 spiro atoms. The van der Waals surface area contributed by atoms with E-state index in [2.05, 4.69) is 13.8 Å². The fraction of sp³-hybridized carbons (Fsp3) is 0.421. The van der Waals surface area contributed by atoms with E-state index in [1.54, 1.807) is 11.8 Å². The number of fused-ring (bicyclic) bond motifs is 1. The molecule has 1 saturated heterocycles. The van der Waals surface area contributed by atoms with Gasteiger partial charge in [-0.2, -0.15) is 0 Å². The van der Waals surface area contributed by atoms with Crippen molar-refractivity contribution in [1.82, 2.24) is 4.90 Å². The van der Waals surface area contributed by atoms with E-state index in [0.29, 0.717) is 5.75 Å². The number of hydrogen-bond acceptors (Lipinski definition) is 3. The number of nitrogens with zero attached hydrogens (tertiary/aromatic N) is 1. The van der Waals surface area contributed by atoms with Crippen molar-refractivity contribution < 1.29 is 4.79 Å². The molecular formula is C19H23ClN2OS. The molecule has 1 atom stereocenters. The summed E-state index contributed by atoms with van der Waals surface area (Å²) in [6, 6.07) is 12.1. The minimum atomic E-state index is -0.0265. The van der Waals surface area contributed by atoms with Gasteiger partial charge in [0.05, 0.1) is 5.75 Å². The largest absolute Gasteiger partial charge is 0.341 e. The van der Waals surface area contributed by atoms with Crippen molar-refractivity contribution in [2.75, 3.05) is 18.8 Å². The number of benzene rings is 2. The molecule has 1 aliphatic rings. The Labute approximate surface area is 152 Å². The molecular weight excluding hydrogens is 340 g/mol. The molecule has 0 bridgehead atoms. The molecule has 2 aromatic carbocycles. The van der Waals surface area contributed by atoms with Crippen LogP contribution in [0.25, 0.3) is 10.8 Å². The molecule has 0 aromatic heterocycles. The third-order valence-electron chi connectivity index (χ3n) is 4.83. The van der Waals surface area contributed by atoms with Gasteiger partial charge in [0.2, 0.25) is 5.91 Å². The lowest BCUT2D eigenvalue weighted by molar-refractivity contribution is -0.131. The van der Waals surface area contributed by atoms with Crippen molar-refractivity contribution >= 4 is 40.0 Å². The number of nitrogens with two attached hydrogens (primary N) is 1. The molecule has 1 amide bonds. The molecule has 1 heterocycles. The van der Waals surface area contributed by atoms with Gasteiger partial charge in [-0.3, -0.25) is 4.79 Å². The van der Waals surface area contributed by atoms with Crippen LogP contribution >= 0.6 is 23.4 Å². The van der Waals surface area contributed by atoms with Crippen LogP contribution in [-0.2, 0) is 4.79 Å². The molecule has 1 aliphatic heterocycles. The van der Waals surface area contributed by atoms with E-state index in [1.807, 2.05) is 41.3 Å². The molecule has 24 heavy (non-hydrogen) atoms. The first-order valence-corrected chi connectivity index (χ1v) is 9.58. The van der Waals surface area contributed by atoms with Crippen LogP contribution in [0.15, 0.2) is 41.3 Å². The van der Waals surface area contributed by atoms with E-state index in [9.17, 15) is 4.79 Å². The van der Waals surface area contributed by atoms with Crippen molar-refractivity contribution in [3.63, 3.8) is 0 Å². The van der Waals surface area contributed by atoms with Crippen molar-refractivity contribution in [2.24, 2.45) is 11.1 Å². The topological polar surface area (TPSA) is 46.3 Å². The highest BCUT2D eigenvalue weighted by Gasteiger charge is 2.35. The standard InChI is InChI=1S/C19H23ClN2OS/c1-19(2)12-22(10-9-16(19)21)17(23)11-24-15-8-4-6-13-5-3-7-14(20)18(13)15/h3-8,16H,9-12,21H2,1-2H3. The summed E-state index contributed by atoms with van der Waals surface area (Å²) >= 11 is 7.92. The normalized spacial score (nSPS) is 20.3. The average Bonchev–Trinajstić information content (AvgIpc) is 2.55. The van der Waals surface area contributed by atoms with Gasteiger partial charge in [-0.1, -0.05) is 49.7 Å². The molecule has 2 N–H and O–H groups in total. The van der Waals surface area contributed by atoms with E-state index in [1.165, 1.54) is 0 Å². The van der Waals surface area contributed by atoms with Crippen LogP contribution in [0.1, 0.15) is 20.3 Å². The number of thioether (sulfide) groups is 1. The Balaban J connectivity index is 1.71. The smallest absolute Gasteiger partial charge is 0.232 e. The van der Waals surface area contributed by atoms with Crippen LogP contribution < -0.4 is 5.73 Å². The highest BCUT2D eigenvalue weighted by Crippen LogP contribution is 2.34. The number of halogens is 1. The molecule has 1 unspecified atom stereocenters. The zero-order valence-electron chi connectivity index (χ0n) is 14.1. The van der Waals surface area contributed by atoms with Crippen molar-refractivity contribution in [3.05, 3.63) is 41.4 Å². The van der Waals surface area contributed by atoms with Gasteiger partial charge in [0, 0.05) is 34.4 Å². The van der Waals surface area contributed by atoms with Crippen LogP contribution in [0.3, 0.4) is 0 Å². The van der Waals surface area contributed by atoms with E-state index in [-0.39, 0.29) is 17.4 Å². The van der Waals surface area contributed by atoms with E-state index < -0.39 is 0 Å². The maximum Gasteiger partial charge on any atom is 0.232 e. The molecule has 5 heteroatoms. The van der Waals surface area contributed by atoms with E-state index >= 15 is 0 Å². The summed E-state index contributed by atoms with van der Waals surface area (Å²) in [5.41, 5.74) is 6.13. The summed E-state index contributed by atoms with van der Waals surface area (Å²) in [5.74, 6) is 0.597. The monoisotopic (exact) mass is 362 g/mol. The van der Waals surface area contributed by atoms with Gasteiger partial charge in [0.25, 0.3) is 0 Å². The first-order chi connectivity index (χ1) is 11.4. The Kier molecular flexibility index (Phi) is 5.09. The highest BCUT2D eigenvalue weighted by atomic mass is 35.5. The predicted molar refractivity (Wildman–Crippen MR) is 103 cm³/mol. The Morgan fingerprint density at radius 2 is 2.04 bits per heavy atom. The molecule has 0 aliphatic carbocycles. The first kappa shape index (κ1) is 17.6. The Morgan fingerprint density at radius 3 is 2.75 bits per heavy atom. The quantitative estimate of drug-likeness (QED) is 0.833. The molecule has 3 nitrogen and oxygen atoms in total. The number of hydrogen-bond donors (Lipinski definition) is 1. The van der Waals surface area contributed by atoms with Gasteiger partial charge in [-0.05, 0) is 29.4 Å². The third kappa shape index (κ3) is 3.56. The predicted octanol–water partition coefficient (Wildman–Crippen LogP) is 4.17. The van der Waals surface area contributed by atoms with Gasteiger partial charge in [0.15, 0.2) is 0 Å². The van der Waals surface area contributed by atoms with Crippen LogP contribution in [0.2, 0.25) is 5.02 Å². The molecule has 0 saturated carbocycles. The fourth-order valence-electron chi connectivity index (χ4n) is 3.20. The lowest BCUT2D eigenvalue weighted by atomic mass is 9.80.